The van der Waals surface area contributed by atoms with Crippen molar-refractivity contribution in [3.8, 4) is 11.1 Å². The topological polar surface area (TPSA) is 0 Å². The molecule has 0 saturated carbocycles. The van der Waals surface area contributed by atoms with Crippen molar-refractivity contribution in [1.82, 2.24) is 0 Å². The van der Waals surface area contributed by atoms with Crippen LogP contribution >= 0.6 is 0 Å². The Hall–Kier alpha value is -1.82. The summed E-state index contributed by atoms with van der Waals surface area (Å²) in [6.07, 6.45) is 3.35. The first-order valence-electron chi connectivity index (χ1n) is 6.14. The average molecular weight is 222 g/mol. The average Bonchev–Trinajstić information content (AvgIpc) is 2.40. The van der Waals surface area contributed by atoms with Crippen molar-refractivity contribution in [3.63, 3.8) is 0 Å². The Balaban J connectivity index is 2.28. The van der Waals surface area contributed by atoms with Crippen molar-refractivity contribution in [1.29, 1.82) is 0 Å². The van der Waals surface area contributed by atoms with Crippen LogP contribution in [0.1, 0.15) is 25.8 Å². The van der Waals surface area contributed by atoms with Gasteiger partial charge in [-0.25, -0.2) is 0 Å². The first-order chi connectivity index (χ1) is 8.31. The van der Waals surface area contributed by atoms with Crippen molar-refractivity contribution < 1.29 is 0 Å². The second kappa shape index (κ2) is 5.49. The summed E-state index contributed by atoms with van der Waals surface area (Å²) in [7, 11) is 0. The van der Waals surface area contributed by atoms with Gasteiger partial charge in [0.05, 0.1) is 0 Å². The van der Waals surface area contributed by atoms with Crippen molar-refractivity contribution in [2.24, 2.45) is 0 Å². The van der Waals surface area contributed by atoms with Gasteiger partial charge in [-0.2, -0.15) is 0 Å². The third-order valence-electron chi connectivity index (χ3n) is 2.96. The number of hydrogen-bond acceptors (Lipinski definition) is 0. The lowest BCUT2D eigenvalue weighted by Gasteiger charge is -2.04. The van der Waals surface area contributed by atoms with Crippen LogP contribution in [0.3, 0.4) is 0 Å². The maximum atomic E-state index is 2.26. The summed E-state index contributed by atoms with van der Waals surface area (Å²) < 4.78 is 0. The van der Waals surface area contributed by atoms with Gasteiger partial charge in [0.2, 0.25) is 0 Å². The first kappa shape index (κ1) is 11.7. The summed E-state index contributed by atoms with van der Waals surface area (Å²) in [5, 5.41) is 0. The molecule has 0 aliphatic heterocycles. The third kappa shape index (κ3) is 2.85. The molecule has 0 amide bonds. The van der Waals surface area contributed by atoms with Gasteiger partial charge in [-0.3, -0.25) is 0 Å². The van der Waals surface area contributed by atoms with Crippen molar-refractivity contribution >= 4 is 5.57 Å². The molecule has 0 fully saturated rings. The van der Waals surface area contributed by atoms with Crippen LogP contribution < -0.4 is 0 Å². The van der Waals surface area contributed by atoms with Crippen LogP contribution in [0.5, 0.6) is 0 Å². The van der Waals surface area contributed by atoms with Crippen molar-refractivity contribution in [2.45, 2.75) is 20.3 Å². The van der Waals surface area contributed by atoms with Gasteiger partial charge in [0.15, 0.2) is 0 Å². The normalized spacial score (nSPS) is 11.5. The van der Waals surface area contributed by atoms with Crippen LogP contribution in [0.25, 0.3) is 16.7 Å². The SMILES string of the molecule is CC/C=C(\C)c1ccc(-c2ccccc2)cc1. The molecule has 0 saturated heterocycles. The molecule has 2 aromatic carbocycles. The van der Waals surface area contributed by atoms with E-state index in [1.54, 1.807) is 0 Å². The lowest BCUT2D eigenvalue weighted by Crippen LogP contribution is -1.81. The molecule has 0 bridgehead atoms. The highest BCUT2D eigenvalue weighted by molar-refractivity contribution is 5.69. The van der Waals surface area contributed by atoms with Crippen LogP contribution in [0.15, 0.2) is 60.7 Å². The number of rotatable bonds is 3. The van der Waals surface area contributed by atoms with Crippen LogP contribution in [0.2, 0.25) is 0 Å². The Labute approximate surface area is 104 Å². The molecule has 0 unspecified atom stereocenters. The van der Waals surface area contributed by atoms with Gasteiger partial charge in [-0.15, -0.1) is 0 Å². The van der Waals surface area contributed by atoms with Crippen LogP contribution in [-0.2, 0) is 0 Å². The highest BCUT2D eigenvalue weighted by Crippen LogP contribution is 2.22. The summed E-state index contributed by atoms with van der Waals surface area (Å²) in [5.41, 5.74) is 5.22. The Morgan fingerprint density at radius 1 is 0.882 bits per heavy atom. The van der Waals surface area contributed by atoms with Crippen molar-refractivity contribution in [2.75, 3.05) is 0 Å². The zero-order chi connectivity index (χ0) is 12.1. The molecule has 86 valence electrons. The lowest BCUT2D eigenvalue weighted by molar-refractivity contribution is 1.22. The molecular weight excluding hydrogens is 204 g/mol. The van der Waals surface area contributed by atoms with Crippen molar-refractivity contribution in [3.05, 3.63) is 66.2 Å². The van der Waals surface area contributed by atoms with E-state index >= 15 is 0 Å². The van der Waals surface area contributed by atoms with Gasteiger partial charge in [0.25, 0.3) is 0 Å². The maximum absolute atomic E-state index is 2.26. The molecule has 0 atom stereocenters. The van der Waals surface area contributed by atoms with E-state index in [9.17, 15) is 0 Å². The summed E-state index contributed by atoms with van der Waals surface area (Å²) in [4.78, 5) is 0. The minimum Gasteiger partial charge on any atom is -0.0813 e. The molecule has 0 nitrogen and oxygen atoms in total. The van der Waals surface area contributed by atoms with Crippen LogP contribution in [0.4, 0.5) is 0 Å². The monoisotopic (exact) mass is 222 g/mol. The second-order valence-electron chi connectivity index (χ2n) is 4.24. The fourth-order valence-electron chi connectivity index (χ4n) is 1.98. The molecule has 0 heterocycles. The molecule has 0 heteroatoms. The summed E-state index contributed by atoms with van der Waals surface area (Å²) in [6, 6.07) is 19.3. The van der Waals surface area contributed by atoms with Gasteiger partial charge >= 0.3 is 0 Å². The van der Waals surface area contributed by atoms with Gasteiger partial charge in [0, 0.05) is 0 Å². The first-order valence-corrected chi connectivity index (χ1v) is 6.14. The van der Waals surface area contributed by atoms with E-state index < -0.39 is 0 Å². The number of allylic oxidation sites excluding steroid dienone is 2. The molecule has 0 spiro atoms. The molecule has 0 N–H and O–H groups in total. The third-order valence-corrected chi connectivity index (χ3v) is 2.96. The van der Waals surface area contributed by atoms with Gasteiger partial charge in [0.1, 0.15) is 0 Å². The molecule has 0 aromatic heterocycles. The minimum atomic E-state index is 1.09. The highest BCUT2D eigenvalue weighted by Gasteiger charge is 1.98. The molecule has 2 rings (SSSR count). The molecule has 2 aromatic rings. The maximum Gasteiger partial charge on any atom is -0.0184 e. The Morgan fingerprint density at radius 2 is 1.47 bits per heavy atom. The fourth-order valence-corrected chi connectivity index (χ4v) is 1.98. The van der Waals surface area contributed by atoms with E-state index in [2.05, 4.69) is 68.5 Å². The molecule has 0 aliphatic rings. The largest absolute Gasteiger partial charge is 0.0813 e. The standard InChI is InChI=1S/C17H18/c1-3-7-14(2)15-10-12-17(13-11-15)16-8-5-4-6-9-16/h4-13H,3H2,1-2H3/b14-7+. The Morgan fingerprint density at radius 3 is 2.06 bits per heavy atom. The van der Waals surface area contributed by atoms with E-state index in [0.717, 1.165) is 6.42 Å². The van der Waals surface area contributed by atoms with E-state index in [-0.39, 0.29) is 0 Å². The van der Waals surface area contributed by atoms with Gasteiger partial charge < -0.3 is 0 Å². The predicted molar refractivity (Wildman–Crippen MR) is 75.8 cm³/mol. The van der Waals surface area contributed by atoms with E-state index in [1.165, 1.54) is 22.3 Å². The zero-order valence-electron chi connectivity index (χ0n) is 10.5. The lowest BCUT2D eigenvalue weighted by atomic mass is 10.0. The fraction of sp³-hybridized carbons (Fsp3) is 0.176. The Bertz CT molecular complexity index is 489. The number of benzene rings is 2. The molecular formula is C17H18. The minimum absolute atomic E-state index is 1.09. The molecule has 17 heavy (non-hydrogen) atoms. The van der Waals surface area contributed by atoms with Gasteiger partial charge in [-0.05, 0) is 35.6 Å². The molecule has 0 aliphatic carbocycles. The summed E-state index contributed by atoms with van der Waals surface area (Å²) in [6.45, 7) is 4.34. The van der Waals surface area contributed by atoms with Gasteiger partial charge in [-0.1, -0.05) is 67.6 Å². The summed E-state index contributed by atoms with van der Waals surface area (Å²) >= 11 is 0. The van der Waals surface area contributed by atoms with E-state index in [1.807, 2.05) is 6.07 Å². The Kier molecular flexibility index (Phi) is 3.77. The number of hydrogen-bond donors (Lipinski definition) is 0. The van der Waals surface area contributed by atoms with Crippen LogP contribution in [-0.4, -0.2) is 0 Å². The zero-order valence-corrected chi connectivity index (χ0v) is 10.5. The highest BCUT2D eigenvalue weighted by atomic mass is 14.0. The smallest absolute Gasteiger partial charge is 0.0184 e. The predicted octanol–water partition coefficient (Wildman–Crippen LogP) is 5.17. The summed E-state index contributed by atoms with van der Waals surface area (Å²) in [5.74, 6) is 0. The van der Waals surface area contributed by atoms with Crippen LogP contribution in [0, 0.1) is 0 Å². The second-order valence-corrected chi connectivity index (χ2v) is 4.24. The van der Waals surface area contributed by atoms with E-state index in [4.69, 9.17) is 0 Å². The van der Waals surface area contributed by atoms with E-state index in [0.29, 0.717) is 0 Å². The quantitative estimate of drug-likeness (QED) is 0.672. The molecule has 0 radical (unpaired) electrons.